The van der Waals surface area contributed by atoms with Crippen molar-refractivity contribution in [3.8, 4) is 73.2 Å². The van der Waals surface area contributed by atoms with Crippen molar-refractivity contribution in [3.63, 3.8) is 0 Å². The Balaban J connectivity index is 1.09. The van der Waals surface area contributed by atoms with E-state index in [-0.39, 0.29) is 33.9 Å². The van der Waals surface area contributed by atoms with Gasteiger partial charge in [-0.15, -0.1) is 0 Å². The third-order valence-corrected chi connectivity index (χ3v) is 18.6. The van der Waals surface area contributed by atoms with Crippen molar-refractivity contribution >= 4 is 60.2 Å². The van der Waals surface area contributed by atoms with E-state index in [1.807, 2.05) is 42.6 Å². The van der Waals surface area contributed by atoms with Crippen molar-refractivity contribution in [2.24, 2.45) is 0 Å². The molecule has 0 aliphatic heterocycles. The fourth-order valence-electron chi connectivity index (χ4n) is 12.9. The molecule has 448 valence electrons. The molecule has 0 radical (unpaired) electrons. The summed E-state index contributed by atoms with van der Waals surface area (Å²) in [4.78, 5) is 4.97. The molecule has 0 spiro atoms. The summed E-state index contributed by atoms with van der Waals surface area (Å²) >= 11 is 2.44. The van der Waals surface area contributed by atoms with Crippen molar-refractivity contribution in [2.75, 3.05) is 0 Å². The van der Waals surface area contributed by atoms with Crippen LogP contribution in [0.15, 0.2) is 255 Å². The summed E-state index contributed by atoms with van der Waals surface area (Å²) in [6.07, 6.45) is 1.88. The molecule has 91 heavy (non-hydrogen) atoms. The molecule has 0 aliphatic rings. The van der Waals surface area contributed by atoms with E-state index in [2.05, 4.69) is 294 Å². The fourth-order valence-corrected chi connectivity index (χ4v) is 13.9. The first-order valence-electron chi connectivity index (χ1n) is 33.4. The number of imidazole rings is 1. The van der Waals surface area contributed by atoms with E-state index in [1.54, 1.807) is 0 Å². The second kappa shape index (κ2) is 22.3. The zero-order chi connectivity index (χ0) is 66.9. The molecule has 11 aromatic carbocycles. The van der Waals surface area contributed by atoms with Crippen molar-refractivity contribution in [3.05, 3.63) is 287 Å². The van der Waals surface area contributed by atoms with Crippen LogP contribution in [-0.2, 0) is 35.6 Å². The third-order valence-electron chi connectivity index (χ3n) is 17.6. The van der Waals surface area contributed by atoms with Crippen LogP contribution >= 0.6 is 0 Å². The Morgan fingerprint density at radius 3 is 1.58 bits per heavy atom. The second-order valence-electron chi connectivity index (χ2n) is 26.7. The first-order chi connectivity index (χ1) is 46.0. The summed E-state index contributed by atoms with van der Waals surface area (Å²) in [5.74, 6) is 1.71. The Morgan fingerprint density at radius 1 is 0.407 bits per heavy atom. The minimum atomic E-state index is -0.456. The number of para-hydroxylation sites is 4. The zero-order valence-corrected chi connectivity index (χ0v) is 54.6. The van der Waals surface area contributed by atoms with Gasteiger partial charge in [0.05, 0.1) is 0 Å². The van der Waals surface area contributed by atoms with Gasteiger partial charge in [0.2, 0.25) is 0 Å². The number of hydrogen-bond donors (Lipinski definition) is 0. The molecule has 0 saturated carbocycles. The van der Waals surface area contributed by atoms with Crippen LogP contribution in [0.5, 0.6) is 11.5 Å². The fraction of sp³-hybridized carbons (Fsp3) is 0.143. The molecule has 4 heterocycles. The summed E-state index contributed by atoms with van der Waals surface area (Å²) < 4.78 is 63.3. The molecule has 0 amide bonds. The average molecular weight is 1360 g/mol. The average Bonchev–Trinajstić information content (AvgIpc) is 1.50. The molecule has 0 aliphatic carbocycles. The van der Waals surface area contributed by atoms with E-state index in [0.29, 0.717) is 28.3 Å². The summed E-state index contributed by atoms with van der Waals surface area (Å²) in [6, 6.07) is 82.2. The van der Waals surface area contributed by atoms with Gasteiger partial charge < -0.3 is 0 Å². The van der Waals surface area contributed by atoms with Gasteiger partial charge in [-0.3, -0.25) is 0 Å². The van der Waals surface area contributed by atoms with Crippen LogP contribution in [0.2, 0.25) is 0 Å². The molecule has 15 aromatic rings. The van der Waals surface area contributed by atoms with Crippen molar-refractivity contribution in [1.82, 2.24) is 23.1 Å². The first kappa shape index (κ1) is 52.0. The van der Waals surface area contributed by atoms with Gasteiger partial charge in [-0.2, -0.15) is 0 Å². The monoisotopic (exact) mass is 1360 g/mol. The Hall–Kier alpha value is -9.87. The van der Waals surface area contributed by atoms with Crippen molar-refractivity contribution in [2.45, 2.75) is 78.6 Å². The van der Waals surface area contributed by atoms with Gasteiger partial charge in [0.25, 0.3) is 0 Å². The molecule has 0 saturated heterocycles. The van der Waals surface area contributed by atoms with Crippen molar-refractivity contribution < 1.29 is 30.9 Å². The van der Waals surface area contributed by atoms with Gasteiger partial charge >= 0.3 is 497 Å². The Labute approximate surface area is 550 Å². The van der Waals surface area contributed by atoms with Gasteiger partial charge in [-0.25, -0.2) is 0 Å². The summed E-state index contributed by atoms with van der Waals surface area (Å²) in [7, 11) is 0. The quantitative estimate of drug-likeness (QED) is 0.135. The number of fused-ring (bicyclic) bond motifs is 7. The number of ether oxygens (including phenoxy) is 1. The SMILES string of the molecule is [2H]c1c([2H])c([2H])c(-c2cccc(-c3cc(C(C)(C)C)cc(C(C)(C)C)c3)c2-n2[c](=[Pt])n3c4[c-]c(Oc5[c-]c6c(cc5)c5ccccc5n6-c5cc(C(C)(C)C)ccn5)ccc4n(-c4cc(-c5ccccc5)cc(-c5ccccc5)c4)c4ccccc4c4cccc2c43)c([2H])c1[2H]. The Kier molecular flexibility index (Phi) is 12.7. The van der Waals surface area contributed by atoms with E-state index in [4.69, 9.17) is 13.8 Å². The van der Waals surface area contributed by atoms with Crippen LogP contribution < -0.4 is 4.74 Å². The van der Waals surface area contributed by atoms with Crippen LogP contribution in [0.25, 0.3) is 122 Å². The van der Waals surface area contributed by atoms with E-state index in [9.17, 15) is 2.74 Å². The van der Waals surface area contributed by atoms with Gasteiger partial charge in [-0.1, -0.05) is 32.9 Å². The minimum absolute atomic E-state index is 0.0995. The molecule has 0 unspecified atom stereocenters. The van der Waals surface area contributed by atoms with E-state index >= 15 is 0 Å². The van der Waals surface area contributed by atoms with Gasteiger partial charge in [-0.05, 0) is 17.0 Å². The van der Waals surface area contributed by atoms with E-state index in [0.717, 1.165) is 120 Å². The zero-order valence-electron chi connectivity index (χ0n) is 57.3. The Bertz CT molecular complexity index is 5660. The number of rotatable bonds is 9. The van der Waals surface area contributed by atoms with Crippen LogP contribution in [0.3, 0.4) is 0 Å². The standard InChI is InChI=1S/C84H69N5O.Pt/c1-82(2,3)61-43-44-85-79(51-61)89-74-37-22-19-31-69(74)71-41-39-65(52-77(71)89)90-66-40-42-75-78(53-66)87-54-86(80-67(57-29-17-12-18-30-57)33-23-34-68(80)60-46-62(83(4,5)6)50-63(47-60)84(7,8)9)76-38-24-35-72(81(76)87)70-32-20-21-36-73(70)88(75)64-48-58(55-25-13-10-14-26-55)45-59(49-64)56-27-15-11-16-28-56;/h10-51H,1-9H3;/q-2;/i12D,17D,18D,29D,30D;. The molecule has 7 heteroatoms. The molecule has 6 nitrogen and oxygen atoms in total. The maximum atomic E-state index is 9.68. The van der Waals surface area contributed by atoms with Crippen LogP contribution in [0.1, 0.15) is 85.9 Å². The normalized spacial score (nSPS) is 13.1. The number of benzene rings is 11. The topological polar surface area (TPSA) is 41.3 Å². The summed E-state index contributed by atoms with van der Waals surface area (Å²) in [5, 5.41) is 3.98. The summed E-state index contributed by atoms with van der Waals surface area (Å²) in [5.41, 5.74) is 16.8. The van der Waals surface area contributed by atoms with Gasteiger partial charge in [0.1, 0.15) is 0 Å². The van der Waals surface area contributed by atoms with E-state index in [1.165, 1.54) is 0 Å². The Morgan fingerprint density at radius 2 is 0.945 bits per heavy atom. The number of aromatic nitrogens is 5. The number of hydrogen-bond acceptors (Lipinski definition) is 2. The molecule has 0 fully saturated rings. The van der Waals surface area contributed by atoms with Crippen LogP contribution in [-0.4, -0.2) is 23.1 Å². The molecule has 0 bridgehead atoms. The predicted molar refractivity (Wildman–Crippen MR) is 375 cm³/mol. The molecule has 0 N–H and O–H groups in total. The number of nitrogens with zero attached hydrogens (tertiary/aromatic N) is 5. The number of pyridine rings is 1. The maximum absolute atomic E-state index is 9.68. The molecular weight excluding hydrogens is 1290 g/mol. The first-order valence-corrected chi connectivity index (χ1v) is 32.1. The molecular formula is C84H69N5OPt-2. The van der Waals surface area contributed by atoms with Gasteiger partial charge in [0, 0.05) is 6.20 Å². The third kappa shape index (κ3) is 10.3. The van der Waals surface area contributed by atoms with E-state index < -0.39 is 18.1 Å². The molecule has 4 aromatic heterocycles. The van der Waals surface area contributed by atoms with Crippen LogP contribution in [0.4, 0.5) is 0 Å². The predicted octanol–water partition coefficient (Wildman–Crippen LogP) is 22.1. The second-order valence-corrected chi connectivity index (χ2v) is 27.7. The summed E-state index contributed by atoms with van der Waals surface area (Å²) in [6.45, 7) is 20.0. The molecule has 0 atom stereocenters. The molecule has 15 rings (SSSR count). The van der Waals surface area contributed by atoms with Crippen LogP contribution in [0, 0.1) is 15.9 Å². The van der Waals surface area contributed by atoms with Gasteiger partial charge in [0.15, 0.2) is 0 Å². The van der Waals surface area contributed by atoms with Crippen molar-refractivity contribution in [1.29, 1.82) is 0 Å².